The minimum Gasteiger partial charge on any atom is -0.377 e. The van der Waals surface area contributed by atoms with E-state index in [9.17, 15) is 4.79 Å². The van der Waals surface area contributed by atoms with Gasteiger partial charge >= 0.3 is 0 Å². The minimum absolute atomic E-state index is 0.124. The third-order valence-corrected chi connectivity index (χ3v) is 4.96. The van der Waals surface area contributed by atoms with Crippen LogP contribution in [0.2, 0.25) is 0 Å². The van der Waals surface area contributed by atoms with Crippen LogP contribution in [-0.2, 0) is 0 Å². The van der Waals surface area contributed by atoms with Crippen molar-refractivity contribution in [1.29, 1.82) is 0 Å². The number of fused-ring (bicyclic) bond motifs is 1. The van der Waals surface area contributed by atoms with Gasteiger partial charge in [0.05, 0.1) is 5.69 Å². The van der Waals surface area contributed by atoms with E-state index in [1.54, 1.807) is 0 Å². The number of imidazole rings is 1. The molecular formula is C24H24N4O. The minimum atomic E-state index is -0.124. The molecule has 1 amide bonds. The summed E-state index contributed by atoms with van der Waals surface area (Å²) in [7, 11) is 3.99. The van der Waals surface area contributed by atoms with Crippen LogP contribution < -0.4 is 10.2 Å². The molecule has 0 aliphatic heterocycles. The summed E-state index contributed by atoms with van der Waals surface area (Å²) < 4.78 is 2.02. The number of rotatable bonds is 4. The van der Waals surface area contributed by atoms with E-state index >= 15 is 0 Å². The van der Waals surface area contributed by atoms with Gasteiger partial charge in [0, 0.05) is 49.0 Å². The van der Waals surface area contributed by atoms with E-state index in [2.05, 4.69) is 23.4 Å². The van der Waals surface area contributed by atoms with Gasteiger partial charge in [-0.25, -0.2) is 4.98 Å². The van der Waals surface area contributed by atoms with Gasteiger partial charge in [-0.2, -0.15) is 0 Å². The van der Waals surface area contributed by atoms with E-state index in [0.717, 1.165) is 33.8 Å². The highest BCUT2D eigenvalue weighted by atomic mass is 16.1. The smallest absolute Gasteiger partial charge is 0.255 e. The lowest BCUT2D eigenvalue weighted by molar-refractivity contribution is 0.102. The lowest BCUT2D eigenvalue weighted by Gasteiger charge is -2.16. The average molecular weight is 384 g/mol. The number of nitrogens with zero attached hydrogens (tertiary/aromatic N) is 3. The van der Waals surface area contributed by atoms with Crippen LogP contribution in [0.4, 0.5) is 11.4 Å². The molecule has 2 aromatic carbocycles. The number of carbonyl (C=O) groups excluding carboxylic acids is 1. The van der Waals surface area contributed by atoms with E-state index in [0.29, 0.717) is 5.56 Å². The Hall–Kier alpha value is -3.60. The Morgan fingerprint density at radius 1 is 1.00 bits per heavy atom. The second-order valence-electron chi connectivity index (χ2n) is 7.53. The van der Waals surface area contributed by atoms with Crippen molar-refractivity contribution >= 4 is 22.9 Å². The molecule has 0 aliphatic rings. The largest absolute Gasteiger partial charge is 0.377 e. The first-order valence-corrected chi connectivity index (χ1v) is 9.56. The molecule has 0 atom stereocenters. The maximum Gasteiger partial charge on any atom is 0.255 e. The molecule has 29 heavy (non-hydrogen) atoms. The molecular weight excluding hydrogens is 360 g/mol. The fraction of sp³-hybridized carbons (Fsp3) is 0.167. The highest BCUT2D eigenvalue weighted by molar-refractivity contribution is 6.04. The highest BCUT2D eigenvalue weighted by Crippen LogP contribution is 2.24. The van der Waals surface area contributed by atoms with Gasteiger partial charge in [0.15, 0.2) is 0 Å². The second kappa shape index (κ2) is 7.43. The Balaban J connectivity index is 1.58. The molecule has 2 heterocycles. The van der Waals surface area contributed by atoms with Crippen LogP contribution >= 0.6 is 0 Å². The number of benzene rings is 2. The molecule has 5 heteroatoms. The predicted octanol–water partition coefficient (Wildman–Crippen LogP) is 4.94. The van der Waals surface area contributed by atoms with Gasteiger partial charge < -0.3 is 14.6 Å². The molecule has 146 valence electrons. The quantitative estimate of drug-likeness (QED) is 0.542. The Bertz CT molecular complexity index is 1210. The first-order chi connectivity index (χ1) is 13.9. The van der Waals surface area contributed by atoms with Crippen molar-refractivity contribution in [3.63, 3.8) is 0 Å². The van der Waals surface area contributed by atoms with Crippen LogP contribution in [0, 0.1) is 13.8 Å². The summed E-state index contributed by atoms with van der Waals surface area (Å²) >= 11 is 0. The maximum atomic E-state index is 12.7. The first kappa shape index (κ1) is 18.7. The van der Waals surface area contributed by atoms with Gasteiger partial charge in [-0.05, 0) is 61.4 Å². The van der Waals surface area contributed by atoms with E-state index in [1.807, 2.05) is 91.1 Å². The summed E-state index contributed by atoms with van der Waals surface area (Å²) in [6.45, 7) is 4.07. The van der Waals surface area contributed by atoms with Gasteiger partial charge in [-0.15, -0.1) is 0 Å². The zero-order chi connectivity index (χ0) is 20.5. The standard InChI is InChI=1S/C24H24N4O/c1-16-8-11-23-26-21(15-28(23)14-16)18-6-5-7-20(13-18)25-24(29)19-9-10-22(27(3)4)17(2)12-19/h5-15H,1-4H3,(H,25,29). The van der Waals surface area contributed by atoms with Gasteiger partial charge in [-0.1, -0.05) is 18.2 Å². The number of anilines is 2. The van der Waals surface area contributed by atoms with Crippen LogP contribution in [-0.4, -0.2) is 29.4 Å². The summed E-state index contributed by atoms with van der Waals surface area (Å²) in [6.07, 6.45) is 4.06. The van der Waals surface area contributed by atoms with Crippen LogP contribution in [0.5, 0.6) is 0 Å². The predicted molar refractivity (Wildman–Crippen MR) is 119 cm³/mol. The zero-order valence-electron chi connectivity index (χ0n) is 17.1. The first-order valence-electron chi connectivity index (χ1n) is 9.56. The topological polar surface area (TPSA) is 49.6 Å². The summed E-state index contributed by atoms with van der Waals surface area (Å²) in [5.74, 6) is -0.124. The molecule has 4 aromatic rings. The molecule has 0 saturated heterocycles. The van der Waals surface area contributed by atoms with E-state index in [4.69, 9.17) is 0 Å². The van der Waals surface area contributed by atoms with Gasteiger partial charge in [-0.3, -0.25) is 4.79 Å². The van der Waals surface area contributed by atoms with Crippen LogP contribution in [0.1, 0.15) is 21.5 Å². The van der Waals surface area contributed by atoms with Gasteiger partial charge in [0.1, 0.15) is 5.65 Å². The van der Waals surface area contributed by atoms with Crippen molar-refractivity contribution in [3.8, 4) is 11.3 Å². The molecule has 0 bridgehead atoms. The third-order valence-electron chi connectivity index (χ3n) is 4.96. The van der Waals surface area contributed by atoms with E-state index < -0.39 is 0 Å². The Morgan fingerprint density at radius 3 is 2.59 bits per heavy atom. The molecule has 0 aliphatic carbocycles. The van der Waals surface area contributed by atoms with Crippen LogP contribution in [0.3, 0.4) is 0 Å². The van der Waals surface area contributed by atoms with E-state index in [-0.39, 0.29) is 5.91 Å². The Kier molecular flexibility index (Phi) is 4.80. The number of aromatic nitrogens is 2. The van der Waals surface area contributed by atoms with Crippen molar-refractivity contribution in [2.24, 2.45) is 0 Å². The molecule has 0 fully saturated rings. The fourth-order valence-electron chi connectivity index (χ4n) is 3.50. The van der Waals surface area contributed by atoms with Gasteiger partial charge in [0.2, 0.25) is 0 Å². The number of aryl methyl sites for hydroxylation is 2. The number of amides is 1. The Morgan fingerprint density at radius 2 is 1.83 bits per heavy atom. The summed E-state index contributed by atoms with van der Waals surface area (Å²) in [5.41, 5.74) is 7.47. The monoisotopic (exact) mass is 384 g/mol. The maximum absolute atomic E-state index is 12.7. The molecule has 4 rings (SSSR count). The van der Waals surface area contributed by atoms with Crippen molar-refractivity contribution in [3.05, 3.63) is 83.7 Å². The Labute approximate surface area is 170 Å². The van der Waals surface area contributed by atoms with Gasteiger partial charge in [0.25, 0.3) is 5.91 Å². The molecule has 1 N–H and O–H groups in total. The summed E-state index contributed by atoms with van der Waals surface area (Å²) in [5, 5.41) is 3.00. The number of hydrogen-bond acceptors (Lipinski definition) is 3. The second-order valence-corrected chi connectivity index (χ2v) is 7.53. The lowest BCUT2D eigenvalue weighted by Crippen LogP contribution is -2.14. The molecule has 2 aromatic heterocycles. The fourth-order valence-corrected chi connectivity index (χ4v) is 3.50. The number of pyridine rings is 1. The normalized spacial score (nSPS) is 10.9. The number of carbonyl (C=O) groups is 1. The molecule has 0 radical (unpaired) electrons. The third kappa shape index (κ3) is 3.85. The van der Waals surface area contributed by atoms with Crippen molar-refractivity contribution in [2.45, 2.75) is 13.8 Å². The van der Waals surface area contributed by atoms with Crippen LogP contribution in [0.15, 0.2) is 67.0 Å². The van der Waals surface area contributed by atoms with Crippen molar-refractivity contribution in [2.75, 3.05) is 24.3 Å². The zero-order valence-corrected chi connectivity index (χ0v) is 17.1. The number of nitrogens with one attached hydrogen (secondary N) is 1. The summed E-state index contributed by atoms with van der Waals surface area (Å²) in [4.78, 5) is 19.5. The molecule has 0 saturated carbocycles. The van der Waals surface area contributed by atoms with Crippen molar-refractivity contribution in [1.82, 2.24) is 9.38 Å². The van der Waals surface area contributed by atoms with E-state index in [1.165, 1.54) is 5.56 Å². The summed E-state index contributed by atoms with van der Waals surface area (Å²) in [6, 6.07) is 17.6. The molecule has 5 nitrogen and oxygen atoms in total. The molecule has 0 spiro atoms. The number of hydrogen-bond donors (Lipinski definition) is 1. The van der Waals surface area contributed by atoms with Crippen LogP contribution in [0.25, 0.3) is 16.9 Å². The average Bonchev–Trinajstić information content (AvgIpc) is 3.11. The highest BCUT2D eigenvalue weighted by Gasteiger charge is 2.11. The van der Waals surface area contributed by atoms with Crippen molar-refractivity contribution < 1.29 is 4.79 Å². The SMILES string of the molecule is Cc1ccc2nc(-c3cccc(NC(=O)c4ccc(N(C)C)c(C)c4)c3)cn2c1. The molecule has 0 unspecified atom stereocenters. The lowest BCUT2D eigenvalue weighted by atomic mass is 10.1.